The Labute approximate surface area is 185 Å². The van der Waals surface area contributed by atoms with Crippen molar-refractivity contribution < 1.29 is 9.59 Å². The monoisotopic (exact) mass is 428 g/mol. The van der Waals surface area contributed by atoms with Gasteiger partial charge >= 0.3 is 6.03 Å². The molecule has 0 bridgehead atoms. The first-order valence-corrected chi connectivity index (χ1v) is 11.3. The van der Waals surface area contributed by atoms with E-state index in [-0.39, 0.29) is 11.9 Å². The molecule has 2 heterocycles. The number of hydrogen-bond acceptors (Lipinski definition) is 4. The Morgan fingerprint density at radius 1 is 1.26 bits per heavy atom. The molecule has 3 N–H and O–H groups in total. The van der Waals surface area contributed by atoms with Gasteiger partial charge in [-0.2, -0.15) is 0 Å². The van der Waals surface area contributed by atoms with Gasteiger partial charge in [-0.25, -0.2) is 4.79 Å². The average molecular weight is 429 g/mol. The van der Waals surface area contributed by atoms with Gasteiger partial charge in [0, 0.05) is 39.3 Å². The lowest BCUT2D eigenvalue weighted by Crippen LogP contribution is -2.45. The number of nitrogens with one attached hydrogen (secondary N) is 3. The van der Waals surface area contributed by atoms with Gasteiger partial charge in [0.1, 0.15) is 5.54 Å². The molecule has 2 unspecified atom stereocenters. The van der Waals surface area contributed by atoms with Crippen LogP contribution >= 0.6 is 0 Å². The van der Waals surface area contributed by atoms with Crippen molar-refractivity contribution >= 4 is 17.9 Å². The third-order valence-corrected chi connectivity index (χ3v) is 6.36. The molecule has 31 heavy (non-hydrogen) atoms. The molecule has 0 saturated carbocycles. The minimum absolute atomic E-state index is 0.137. The number of guanidine groups is 1. The highest BCUT2D eigenvalue weighted by Gasteiger charge is 2.45. The zero-order valence-corrected chi connectivity index (χ0v) is 19.0. The fraction of sp³-hybridized carbons (Fsp3) is 0.609. The Morgan fingerprint density at radius 2 is 2.03 bits per heavy atom. The summed E-state index contributed by atoms with van der Waals surface area (Å²) in [7, 11) is 1.76. The van der Waals surface area contributed by atoms with E-state index in [1.54, 1.807) is 14.0 Å². The van der Waals surface area contributed by atoms with Gasteiger partial charge in [-0.1, -0.05) is 37.3 Å². The second-order valence-corrected chi connectivity index (χ2v) is 8.56. The van der Waals surface area contributed by atoms with Crippen molar-refractivity contribution in [3.05, 3.63) is 35.9 Å². The van der Waals surface area contributed by atoms with E-state index in [1.807, 2.05) is 6.92 Å². The average Bonchev–Trinajstić information content (AvgIpc) is 3.30. The largest absolute Gasteiger partial charge is 0.356 e. The number of aliphatic imine (C=N–C) groups is 1. The van der Waals surface area contributed by atoms with Crippen LogP contribution in [0.2, 0.25) is 0 Å². The quantitative estimate of drug-likeness (QED) is 0.242. The molecular weight excluding hydrogens is 392 g/mol. The van der Waals surface area contributed by atoms with Crippen molar-refractivity contribution in [3.63, 3.8) is 0 Å². The summed E-state index contributed by atoms with van der Waals surface area (Å²) < 4.78 is 0. The summed E-state index contributed by atoms with van der Waals surface area (Å²) in [6.07, 6.45) is 3.65. The standard InChI is InChI=1S/C23H36N6O2/c1-4-23(2)20(30)29(22(31)27-23)15-9-13-25-21(24-3)26-16-19-12-8-14-28(19)17-18-10-6-5-7-11-18/h5-7,10-11,19H,4,8-9,12-17H2,1-3H3,(H,27,31)(H2,24,25,26). The van der Waals surface area contributed by atoms with Crippen molar-refractivity contribution in [2.75, 3.05) is 33.2 Å². The number of nitrogens with zero attached hydrogens (tertiary/aromatic N) is 3. The lowest BCUT2D eigenvalue weighted by molar-refractivity contribution is -0.130. The van der Waals surface area contributed by atoms with E-state index in [4.69, 9.17) is 0 Å². The third-order valence-electron chi connectivity index (χ3n) is 6.36. The smallest absolute Gasteiger partial charge is 0.325 e. The molecule has 0 spiro atoms. The number of likely N-dealkylation sites (tertiary alicyclic amines) is 1. The summed E-state index contributed by atoms with van der Waals surface area (Å²) in [5, 5.41) is 9.52. The Hall–Kier alpha value is -2.61. The van der Waals surface area contributed by atoms with Crippen LogP contribution in [0.25, 0.3) is 0 Å². The highest BCUT2D eigenvalue weighted by molar-refractivity contribution is 6.06. The van der Waals surface area contributed by atoms with Crippen molar-refractivity contribution in [2.24, 2.45) is 4.99 Å². The van der Waals surface area contributed by atoms with Gasteiger partial charge in [-0.3, -0.25) is 19.6 Å². The van der Waals surface area contributed by atoms with Crippen LogP contribution in [0.1, 0.15) is 45.1 Å². The molecule has 0 radical (unpaired) electrons. The fourth-order valence-corrected chi connectivity index (χ4v) is 4.22. The van der Waals surface area contributed by atoms with Gasteiger partial charge in [0.2, 0.25) is 0 Å². The molecule has 8 nitrogen and oxygen atoms in total. The third kappa shape index (κ3) is 5.76. The molecule has 2 saturated heterocycles. The lowest BCUT2D eigenvalue weighted by atomic mass is 9.99. The second kappa shape index (κ2) is 10.6. The lowest BCUT2D eigenvalue weighted by Gasteiger charge is -2.25. The van der Waals surface area contributed by atoms with Crippen LogP contribution in [0, 0.1) is 0 Å². The Balaban J connectivity index is 1.39. The fourth-order valence-electron chi connectivity index (χ4n) is 4.22. The summed E-state index contributed by atoms with van der Waals surface area (Å²) in [6, 6.07) is 10.8. The van der Waals surface area contributed by atoms with Crippen LogP contribution in [-0.2, 0) is 11.3 Å². The normalized spacial score (nSPS) is 24.5. The number of carbonyl (C=O) groups is 2. The summed E-state index contributed by atoms with van der Waals surface area (Å²) in [6.45, 7) is 7.66. The van der Waals surface area contributed by atoms with Gasteiger partial charge in [0.25, 0.3) is 5.91 Å². The van der Waals surface area contributed by atoms with Crippen molar-refractivity contribution in [2.45, 2.75) is 57.7 Å². The van der Waals surface area contributed by atoms with Crippen LogP contribution in [0.4, 0.5) is 4.79 Å². The second-order valence-electron chi connectivity index (χ2n) is 8.56. The van der Waals surface area contributed by atoms with Gasteiger partial charge in [-0.05, 0) is 44.7 Å². The van der Waals surface area contributed by atoms with Crippen molar-refractivity contribution in [3.8, 4) is 0 Å². The zero-order valence-electron chi connectivity index (χ0n) is 19.0. The highest BCUT2D eigenvalue weighted by Crippen LogP contribution is 2.21. The van der Waals surface area contributed by atoms with Gasteiger partial charge < -0.3 is 16.0 Å². The van der Waals surface area contributed by atoms with E-state index >= 15 is 0 Å². The predicted molar refractivity (Wildman–Crippen MR) is 123 cm³/mol. The van der Waals surface area contributed by atoms with E-state index in [0.717, 1.165) is 25.6 Å². The Kier molecular flexibility index (Phi) is 7.90. The SMILES string of the molecule is CCC1(C)NC(=O)N(CCCNC(=NC)NCC2CCCN2Cc2ccccc2)C1=O. The minimum Gasteiger partial charge on any atom is -0.356 e. The number of imide groups is 1. The molecule has 8 heteroatoms. The summed E-state index contributed by atoms with van der Waals surface area (Å²) in [5.74, 6) is 0.615. The maximum absolute atomic E-state index is 12.4. The van der Waals surface area contributed by atoms with E-state index < -0.39 is 5.54 Å². The number of urea groups is 1. The summed E-state index contributed by atoms with van der Waals surface area (Å²) in [4.78, 5) is 32.7. The molecule has 3 amide bonds. The van der Waals surface area contributed by atoms with E-state index in [9.17, 15) is 9.59 Å². The first kappa shape index (κ1) is 23.1. The number of carbonyl (C=O) groups excluding carboxylic acids is 2. The molecule has 1 aromatic carbocycles. The predicted octanol–water partition coefficient (Wildman–Crippen LogP) is 1.93. The van der Waals surface area contributed by atoms with Gasteiger partial charge in [0.15, 0.2) is 5.96 Å². The number of benzene rings is 1. The van der Waals surface area contributed by atoms with Crippen molar-refractivity contribution in [1.82, 2.24) is 25.8 Å². The number of hydrogen-bond donors (Lipinski definition) is 3. The van der Waals surface area contributed by atoms with E-state index in [0.29, 0.717) is 32.0 Å². The molecule has 2 aliphatic heterocycles. The molecular formula is C23H36N6O2. The molecule has 2 fully saturated rings. The molecule has 1 aromatic rings. The van der Waals surface area contributed by atoms with Crippen LogP contribution < -0.4 is 16.0 Å². The summed E-state index contributed by atoms with van der Waals surface area (Å²) >= 11 is 0. The van der Waals surface area contributed by atoms with Crippen LogP contribution in [-0.4, -0.2) is 72.5 Å². The summed E-state index contributed by atoms with van der Waals surface area (Å²) in [5.41, 5.74) is 0.575. The van der Waals surface area contributed by atoms with Gasteiger partial charge in [0.05, 0.1) is 0 Å². The minimum atomic E-state index is -0.769. The molecule has 3 rings (SSSR count). The first-order chi connectivity index (χ1) is 15.0. The van der Waals surface area contributed by atoms with Crippen LogP contribution in [0.5, 0.6) is 0 Å². The Morgan fingerprint density at radius 3 is 2.71 bits per heavy atom. The number of rotatable bonds is 9. The topological polar surface area (TPSA) is 89.1 Å². The van der Waals surface area contributed by atoms with Gasteiger partial charge in [-0.15, -0.1) is 0 Å². The maximum Gasteiger partial charge on any atom is 0.325 e. The molecule has 2 atom stereocenters. The first-order valence-electron chi connectivity index (χ1n) is 11.3. The zero-order chi connectivity index (χ0) is 22.3. The van der Waals surface area contributed by atoms with E-state index in [2.05, 4.69) is 56.2 Å². The van der Waals surface area contributed by atoms with E-state index in [1.165, 1.54) is 23.3 Å². The van der Waals surface area contributed by atoms with Crippen LogP contribution in [0.3, 0.4) is 0 Å². The highest BCUT2D eigenvalue weighted by atomic mass is 16.2. The van der Waals surface area contributed by atoms with Crippen molar-refractivity contribution in [1.29, 1.82) is 0 Å². The number of amides is 3. The molecule has 0 aliphatic carbocycles. The van der Waals surface area contributed by atoms with Crippen LogP contribution in [0.15, 0.2) is 35.3 Å². The molecule has 0 aromatic heterocycles. The Bertz CT molecular complexity index is 784. The molecule has 170 valence electrons. The maximum atomic E-state index is 12.4. The molecule has 2 aliphatic rings.